The van der Waals surface area contributed by atoms with E-state index in [0.29, 0.717) is 17.2 Å². The van der Waals surface area contributed by atoms with Gasteiger partial charge in [0.25, 0.3) is 0 Å². The van der Waals surface area contributed by atoms with Crippen molar-refractivity contribution in [3.05, 3.63) is 11.0 Å². The highest BCUT2D eigenvalue weighted by molar-refractivity contribution is 6.28. The number of hydrogen-bond donors (Lipinski definition) is 3. The third-order valence-corrected chi connectivity index (χ3v) is 3.51. The highest BCUT2D eigenvalue weighted by Gasteiger charge is 2.41. The van der Waals surface area contributed by atoms with Gasteiger partial charge < -0.3 is 16.2 Å². The Morgan fingerprint density at radius 3 is 2.76 bits per heavy atom. The van der Waals surface area contributed by atoms with Crippen molar-refractivity contribution in [3.63, 3.8) is 0 Å². The molecular formula is C11H17ClN4O. The molecule has 1 aliphatic carbocycles. The zero-order valence-electron chi connectivity index (χ0n) is 9.83. The van der Waals surface area contributed by atoms with Gasteiger partial charge in [0.2, 0.25) is 5.28 Å². The van der Waals surface area contributed by atoms with E-state index < -0.39 is 0 Å². The largest absolute Gasteiger partial charge is 0.396 e. The summed E-state index contributed by atoms with van der Waals surface area (Å²) in [6, 6.07) is 0. The zero-order chi connectivity index (χ0) is 12.5. The molecule has 0 amide bonds. The van der Waals surface area contributed by atoms with E-state index in [0.717, 1.165) is 25.8 Å². The molecule has 0 bridgehead atoms. The highest BCUT2D eigenvalue weighted by atomic mass is 35.5. The lowest BCUT2D eigenvalue weighted by atomic mass is 10.0. The number of nitrogens with one attached hydrogen (secondary N) is 1. The summed E-state index contributed by atoms with van der Waals surface area (Å²) in [7, 11) is 0. The van der Waals surface area contributed by atoms with Crippen LogP contribution in [0.4, 0.5) is 11.5 Å². The molecular weight excluding hydrogens is 240 g/mol. The molecule has 1 aliphatic rings. The van der Waals surface area contributed by atoms with Crippen LogP contribution in [0.15, 0.2) is 0 Å². The summed E-state index contributed by atoms with van der Waals surface area (Å²) >= 11 is 5.79. The summed E-state index contributed by atoms with van der Waals surface area (Å²) < 4.78 is 0. The van der Waals surface area contributed by atoms with Crippen LogP contribution in [0.1, 0.15) is 25.0 Å². The maximum atomic E-state index is 8.98. The third-order valence-electron chi connectivity index (χ3n) is 3.34. The maximum Gasteiger partial charge on any atom is 0.224 e. The Bertz CT molecular complexity index is 420. The van der Waals surface area contributed by atoms with E-state index in [4.69, 9.17) is 22.4 Å². The van der Waals surface area contributed by atoms with Crippen LogP contribution in [0.25, 0.3) is 0 Å². The van der Waals surface area contributed by atoms with Gasteiger partial charge in [-0.3, -0.25) is 0 Å². The fourth-order valence-electron chi connectivity index (χ4n) is 1.88. The molecule has 1 heterocycles. The van der Waals surface area contributed by atoms with E-state index in [1.54, 1.807) is 6.92 Å². The van der Waals surface area contributed by atoms with Crippen molar-refractivity contribution in [2.45, 2.75) is 26.2 Å². The Kier molecular flexibility index (Phi) is 3.40. The van der Waals surface area contributed by atoms with E-state index >= 15 is 0 Å². The second-order valence-corrected chi connectivity index (χ2v) is 5.01. The lowest BCUT2D eigenvalue weighted by molar-refractivity contribution is 0.253. The van der Waals surface area contributed by atoms with Gasteiger partial charge in [-0.2, -0.15) is 4.98 Å². The van der Waals surface area contributed by atoms with Gasteiger partial charge in [0.1, 0.15) is 0 Å². The van der Waals surface area contributed by atoms with Crippen molar-refractivity contribution in [1.82, 2.24) is 9.97 Å². The third kappa shape index (κ3) is 2.79. The summed E-state index contributed by atoms with van der Waals surface area (Å²) in [4.78, 5) is 8.06. The van der Waals surface area contributed by atoms with Crippen molar-refractivity contribution >= 4 is 23.1 Å². The van der Waals surface area contributed by atoms with Crippen molar-refractivity contribution in [3.8, 4) is 0 Å². The summed E-state index contributed by atoms with van der Waals surface area (Å²) in [5.41, 5.74) is 7.31. The maximum absolute atomic E-state index is 8.98. The Morgan fingerprint density at radius 1 is 1.47 bits per heavy atom. The van der Waals surface area contributed by atoms with Crippen LogP contribution in [0.5, 0.6) is 0 Å². The van der Waals surface area contributed by atoms with Crippen LogP contribution in [0, 0.1) is 12.3 Å². The predicted octanol–water partition coefficient (Wildman–Crippen LogP) is 1.60. The molecule has 1 fully saturated rings. The van der Waals surface area contributed by atoms with Crippen molar-refractivity contribution in [2.24, 2.45) is 5.41 Å². The molecule has 1 saturated carbocycles. The SMILES string of the molecule is Cc1nc(Cl)nc(NCC2(CCO)CC2)c1N. The first-order valence-electron chi connectivity index (χ1n) is 5.71. The Hall–Kier alpha value is -1.07. The molecule has 0 radical (unpaired) electrons. The van der Waals surface area contributed by atoms with Gasteiger partial charge in [0.05, 0.1) is 11.4 Å². The molecule has 1 aromatic rings. The molecule has 0 aliphatic heterocycles. The standard InChI is InChI=1S/C11H17ClN4O/c1-7-8(13)9(16-10(12)15-7)14-6-11(2-3-11)4-5-17/h17H,2-6,13H2,1H3,(H,14,15,16). The second-order valence-electron chi connectivity index (χ2n) is 4.67. The van der Waals surface area contributed by atoms with E-state index in [1.165, 1.54) is 0 Å². The van der Waals surface area contributed by atoms with E-state index in [9.17, 15) is 0 Å². The lowest BCUT2D eigenvalue weighted by Crippen LogP contribution is -2.18. The molecule has 94 valence electrons. The van der Waals surface area contributed by atoms with Crippen LogP contribution >= 0.6 is 11.6 Å². The molecule has 0 unspecified atom stereocenters. The summed E-state index contributed by atoms with van der Waals surface area (Å²) in [5, 5.41) is 12.4. The average Bonchev–Trinajstić information content (AvgIpc) is 3.02. The number of nitrogens with two attached hydrogens (primary N) is 1. The number of aliphatic hydroxyl groups is 1. The first-order valence-corrected chi connectivity index (χ1v) is 6.08. The molecule has 6 heteroatoms. The van der Waals surface area contributed by atoms with E-state index in [1.807, 2.05) is 0 Å². The topological polar surface area (TPSA) is 84.1 Å². The first-order chi connectivity index (χ1) is 8.06. The van der Waals surface area contributed by atoms with Crippen LogP contribution in [0.3, 0.4) is 0 Å². The number of aryl methyl sites for hydroxylation is 1. The quantitative estimate of drug-likeness (QED) is 0.697. The number of hydrogen-bond acceptors (Lipinski definition) is 5. The molecule has 0 aromatic carbocycles. The number of anilines is 2. The molecule has 0 atom stereocenters. The van der Waals surface area contributed by atoms with E-state index in [2.05, 4.69) is 15.3 Å². The summed E-state index contributed by atoms with van der Waals surface area (Å²) in [5.74, 6) is 0.590. The number of nitrogens with zero attached hydrogens (tertiary/aromatic N) is 2. The molecule has 0 spiro atoms. The number of aromatic nitrogens is 2. The molecule has 4 N–H and O–H groups in total. The number of halogens is 1. The first kappa shape index (κ1) is 12.4. The fraction of sp³-hybridized carbons (Fsp3) is 0.636. The minimum atomic E-state index is 0.200. The average molecular weight is 257 g/mol. The zero-order valence-corrected chi connectivity index (χ0v) is 10.6. The fourth-order valence-corrected chi connectivity index (χ4v) is 2.09. The monoisotopic (exact) mass is 256 g/mol. The lowest BCUT2D eigenvalue weighted by Gasteiger charge is -2.16. The Labute approximate surface area is 105 Å². The highest BCUT2D eigenvalue weighted by Crippen LogP contribution is 2.48. The van der Waals surface area contributed by atoms with Crippen LogP contribution in [-0.2, 0) is 0 Å². The van der Waals surface area contributed by atoms with E-state index in [-0.39, 0.29) is 17.3 Å². The van der Waals surface area contributed by atoms with Crippen LogP contribution in [0.2, 0.25) is 5.28 Å². The Morgan fingerprint density at radius 2 is 2.18 bits per heavy atom. The summed E-state index contributed by atoms with van der Waals surface area (Å²) in [6.45, 7) is 2.79. The normalized spacial score (nSPS) is 16.9. The smallest absolute Gasteiger partial charge is 0.224 e. The minimum Gasteiger partial charge on any atom is -0.396 e. The van der Waals surface area contributed by atoms with Gasteiger partial charge in [0.15, 0.2) is 5.82 Å². The van der Waals surface area contributed by atoms with Crippen LogP contribution < -0.4 is 11.1 Å². The van der Waals surface area contributed by atoms with Gasteiger partial charge >= 0.3 is 0 Å². The number of aliphatic hydroxyl groups excluding tert-OH is 1. The molecule has 0 saturated heterocycles. The molecule has 1 aromatic heterocycles. The van der Waals surface area contributed by atoms with Crippen LogP contribution in [-0.4, -0.2) is 28.2 Å². The summed E-state index contributed by atoms with van der Waals surface area (Å²) in [6.07, 6.45) is 3.09. The number of nitrogen functional groups attached to an aromatic ring is 1. The predicted molar refractivity (Wildman–Crippen MR) is 68.1 cm³/mol. The van der Waals surface area contributed by atoms with Crippen molar-refractivity contribution in [2.75, 3.05) is 24.2 Å². The van der Waals surface area contributed by atoms with Gasteiger partial charge in [-0.05, 0) is 43.2 Å². The minimum absolute atomic E-state index is 0.200. The Balaban J connectivity index is 2.04. The molecule has 5 nitrogen and oxygen atoms in total. The van der Waals surface area contributed by atoms with Crippen molar-refractivity contribution < 1.29 is 5.11 Å². The second kappa shape index (κ2) is 4.66. The van der Waals surface area contributed by atoms with Gasteiger partial charge in [-0.15, -0.1) is 0 Å². The number of rotatable bonds is 5. The van der Waals surface area contributed by atoms with Gasteiger partial charge in [-0.1, -0.05) is 0 Å². The van der Waals surface area contributed by atoms with Crippen molar-refractivity contribution in [1.29, 1.82) is 0 Å². The molecule has 2 rings (SSSR count). The van der Waals surface area contributed by atoms with Gasteiger partial charge in [-0.25, -0.2) is 4.98 Å². The van der Waals surface area contributed by atoms with Gasteiger partial charge in [0, 0.05) is 13.2 Å². The molecule has 17 heavy (non-hydrogen) atoms.